The van der Waals surface area contributed by atoms with Crippen molar-refractivity contribution < 1.29 is 14.7 Å². The normalized spacial score (nSPS) is 10.1. The van der Waals surface area contributed by atoms with Crippen LogP contribution in [-0.4, -0.2) is 33.7 Å². The summed E-state index contributed by atoms with van der Waals surface area (Å²) in [6.07, 6.45) is 3.46. The summed E-state index contributed by atoms with van der Waals surface area (Å²) in [7, 11) is 0. The van der Waals surface area contributed by atoms with E-state index in [0.717, 1.165) is 17.7 Å². The van der Waals surface area contributed by atoms with Crippen molar-refractivity contribution in [2.75, 3.05) is 0 Å². The summed E-state index contributed by atoms with van der Waals surface area (Å²) in [6, 6.07) is 0. The molecule has 1 N–H and O–H groups in total. The van der Waals surface area contributed by atoms with Crippen LogP contribution in [0.5, 0.6) is 0 Å². The minimum absolute atomic E-state index is 0.777. The first-order valence-electron chi connectivity index (χ1n) is 2.82. The number of carbonyl (C=O) groups is 2. The molecule has 56 valence electrons. The Balaban J connectivity index is 3.67. The number of carbonyl (C=O) groups excluding carboxylic acids is 1. The van der Waals surface area contributed by atoms with E-state index in [1.54, 1.807) is 22.9 Å². The predicted molar refractivity (Wildman–Crippen MR) is 39.8 cm³/mol. The van der Waals surface area contributed by atoms with Gasteiger partial charge in [0.1, 0.15) is 0 Å². The third-order valence-electron chi connectivity index (χ3n) is 0.813. The molecule has 0 aromatic heterocycles. The Bertz CT molecular complexity index is 162. The Labute approximate surface area is 67.6 Å². The quantitative estimate of drug-likeness (QED) is 0.386. The number of ketones is 1. The molecule has 0 spiro atoms. The first-order valence-corrected chi connectivity index (χ1v) is 4.53. The fourth-order valence-electron chi connectivity index (χ4n) is 0.358. The van der Waals surface area contributed by atoms with E-state index in [0.29, 0.717) is 0 Å². The molecule has 0 saturated carbocycles. The second kappa shape index (κ2) is 5.24. The maximum atomic E-state index is 10.3. The molecule has 0 saturated heterocycles. The molecule has 0 aliphatic heterocycles. The Morgan fingerprint density at radius 2 is 2.10 bits per heavy atom. The van der Waals surface area contributed by atoms with Crippen molar-refractivity contribution in [3.05, 3.63) is 12.2 Å². The minimum atomic E-state index is -1.39. The number of carboxylic acids is 1. The summed E-state index contributed by atoms with van der Waals surface area (Å²) in [5.41, 5.74) is 0. The van der Waals surface area contributed by atoms with Crippen molar-refractivity contribution in [1.29, 1.82) is 0 Å². The van der Waals surface area contributed by atoms with E-state index in [1.165, 1.54) is 0 Å². The van der Waals surface area contributed by atoms with Gasteiger partial charge in [-0.1, -0.05) is 0 Å². The Hall–Kier alpha value is -0.562. The van der Waals surface area contributed by atoms with Gasteiger partial charge >= 0.3 is 67.1 Å². The number of hydrogen-bond acceptors (Lipinski definition) is 2. The second-order valence-electron chi connectivity index (χ2n) is 1.65. The molecular formula is C6H9AsO3. The molecular weight excluding hydrogens is 195 g/mol. The van der Waals surface area contributed by atoms with E-state index < -0.39 is 11.8 Å². The summed E-state index contributed by atoms with van der Waals surface area (Å²) < 4.78 is 0. The average Bonchev–Trinajstić information content (AvgIpc) is 1.88. The van der Waals surface area contributed by atoms with Gasteiger partial charge in [-0.3, -0.25) is 0 Å². The third-order valence-corrected chi connectivity index (χ3v) is 1.51. The summed E-state index contributed by atoms with van der Waals surface area (Å²) in [5.74, 6) is -2.24. The van der Waals surface area contributed by atoms with Crippen molar-refractivity contribution >= 4 is 28.6 Å². The van der Waals surface area contributed by atoms with Gasteiger partial charge in [0.25, 0.3) is 0 Å². The summed E-state index contributed by atoms with van der Waals surface area (Å²) >= 11 is 1.56. The Morgan fingerprint density at radius 1 is 1.50 bits per heavy atom. The van der Waals surface area contributed by atoms with Gasteiger partial charge in [0.05, 0.1) is 0 Å². The standard InChI is InChI=1S/C6H9AsO3/c7-4-2-1-3-5(8)6(9)10/h1,3H,2,4,7H2,(H,9,10)/b3-1+. The van der Waals surface area contributed by atoms with Crippen molar-refractivity contribution in [1.82, 2.24) is 0 Å². The molecule has 0 aromatic carbocycles. The zero-order chi connectivity index (χ0) is 7.98. The van der Waals surface area contributed by atoms with Crippen LogP contribution in [0.1, 0.15) is 6.42 Å². The van der Waals surface area contributed by atoms with Crippen LogP contribution in [0.2, 0.25) is 5.21 Å². The zero-order valence-corrected chi connectivity index (χ0v) is 7.83. The molecule has 1 unspecified atom stereocenters. The van der Waals surface area contributed by atoms with Crippen LogP contribution < -0.4 is 0 Å². The van der Waals surface area contributed by atoms with Crippen molar-refractivity contribution in [2.45, 2.75) is 11.6 Å². The van der Waals surface area contributed by atoms with Crippen LogP contribution in [0.3, 0.4) is 0 Å². The SMILES string of the molecule is O=C(O)C(=O)/C=C/CC[AsH2]. The molecule has 0 radical (unpaired) electrons. The molecule has 0 aliphatic rings. The molecule has 10 heavy (non-hydrogen) atoms. The zero-order valence-electron chi connectivity index (χ0n) is 5.41. The van der Waals surface area contributed by atoms with Crippen molar-refractivity contribution in [3.8, 4) is 0 Å². The topological polar surface area (TPSA) is 54.4 Å². The van der Waals surface area contributed by atoms with E-state index >= 15 is 0 Å². The first kappa shape index (κ1) is 9.44. The van der Waals surface area contributed by atoms with Gasteiger partial charge in [0, 0.05) is 0 Å². The van der Waals surface area contributed by atoms with Gasteiger partial charge in [0.2, 0.25) is 0 Å². The van der Waals surface area contributed by atoms with Gasteiger partial charge in [-0.15, -0.1) is 0 Å². The fourth-order valence-corrected chi connectivity index (χ4v) is 0.762. The second-order valence-corrected chi connectivity index (χ2v) is 2.86. The maximum absolute atomic E-state index is 10.3. The van der Waals surface area contributed by atoms with Crippen molar-refractivity contribution in [2.24, 2.45) is 0 Å². The number of carboxylic acid groups (broad SMARTS) is 1. The number of aliphatic carboxylic acids is 1. The molecule has 4 heteroatoms. The summed E-state index contributed by atoms with van der Waals surface area (Å²) in [6.45, 7) is 0. The van der Waals surface area contributed by atoms with Crippen LogP contribution >= 0.6 is 0 Å². The molecule has 0 bridgehead atoms. The van der Waals surface area contributed by atoms with Gasteiger partial charge in [-0.2, -0.15) is 0 Å². The monoisotopic (exact) mass is 204 g/mol. The Morgan fingerprint density at radius 3 is 2.50 bits per heavy atom. The van der Waals surface area contributed by atoms with Gasteiger partial charge < -0.3 is 0 Å². The molecule has 0 fully saturated rings. The van der Waals surface area contributed by atoms with Gasteiger partial charge in [-0.25, -0.2) is 0 Å². The van der Waals surface area contributed by atoms with E-state index in [-0.39, 0.29) is 0 Å². The van der Waals surface area contributed by atoms with Crippen LogP contribution in [0, 0.1) is 0 Å². The summed E-state index contributed by atoms with van der Waals surface area (Å²) in [4.78, 5) is 20.2. The van der Waals surface area contributed by atoms with Crippen LogP contribution in [0.4, 0.5) is 0 Å². The Kier molecular flexibility index (Phi) is 4.95. The first-order chi connectivity index (χ1) is 4.68. The molecule has 0 heterocycles. The summed E-state index contributed by atoms with van der Waals surface area (Å²) in [5, 5.41) is 9.07. The van der Waals surface area contributed by atoms with E-state index in [1.807, 2.05) is 0 Å². The fraction of sp³-hybridized carbons (Fsp3) is 0.333. The molecule has 0 aromatic rings. The van der Waals surface area contributed by atoms with Gasteiger partial charge in [-0.05, 0) is 0 Å². The van der Waals surface area contributed by atoms with Gasteiger partial charge in [0.15, 0.2) is 0 Å². The average molecular weight is 204 g/mol. The molecule has 0 aliphatic carbocycles. The van der Waals surface area contributed by atoms with E-state index in [4.69, 9.17) is 5.11 Å². The van der Waals surface area contributed by atoms with Crippen LogP contribution in [0.25, 0.3) is 0 Å². The predicted octanol–water partition coefficient (Wildman–Crippen LogP) is -0.362. The van der Waals surface area contributed by atoms with Crippen LogP contribution in [-0.2, 0) is 9.59 Å². The molecule has 3 nitrogen and oxygen atoms in total. The molecule has 1 atom stereocenters. The number of hydrogen-bond donors (Lipinski definition) is 1. The van der Waals surface area contributed by atoms with Crippen LogP contribution in [0.15, 0.2) is 12.2 Å². The third kappa shape index (κ3) is 4.33. The molecule has 0 amide bonds. The van der Waals surface area contributed by atoms with E-state index in [9.17, 15) is 9.59 Å². The number of allylic oxidation sites excluding steroid dienone is 1. The number of rotatable bonds is 4. The van der Waals surface area contributed by atoms with E-state index in [2.05, 4.69) is 0 Å². The molecule has 0 rings (SSSR count). The van der Waals surface area contributed by atoms with Crippen molar-refractivity contribution in [3.63, 3.8) is 0 Å².